The first-order chi connectivity index (χ1) is 12.9. The second-order valence-corrected chi connectivity index (χ2v) is 8.58. The third-order valence-corrected chi connectivity index (χ3v) is 5.59. The van der Waals surface area contributed by atoms with Gasteiger partial charge in [-0.15, -0.1) is 11.3 Å². The molecule has 140 valence electrons. The van der Waals surface area contributed by atoms with Crippen LogP contribution >= 0.6 is 27.3 Å². The molecule has 2 aromatic heterocycles. The third kappa shape index (κ3) is 4.84. The van der Waals surface area contributed by atoms with E-state index in [9.17, 15) is 9.59 Å². The molecule has 0 aliphatic carbocycles. The van der Waals surface area contributed by atoms with Gasteiger partial charge in [0.15, 0.2) is 0 Å². The predicted molar refractivity (Wildman–Crippen MR) is 109 cm³/mol. The summed E-state index contributed by atoms with van der Waals surface area (Å²) < 4.78 is 2.65. The number of nitrogens with one attached hydrogen (secondary N) is 1. The molecule has 27 heavy (non-hydrogen) atoms. The molecule has 2 heterocycles. The van der Waals surface area contributed by atoms with Crippen molar-refractivity contribution in [2.75, 3.05) is 7.05 Å². The number of para-hydroxylation sites is 1. The van der Waals surface area contributed by atoms with Gasteiger partial charge in [-0.05, 0) is 47.1 Å². The highest BCUT2D eigenvalue weighted by Gasteiger charge is 2.21. The molecule has 0 saturated heterocycles. The van der Waals surface area contributed by atoms with Crippen molar-refractivity contribution < 1.29 is 9.59 Å². The number of amides is 2. The summed E-state index contributed by atoms with van der Waals surface area (Å²) in [7, 11) is 1.71. The molecule has 0 spiro atoms. The van der Waals surface area contributed by atoms with E-state index in [1.807, 2.05) is 42.6 Å². The zero-order valence-corrected chi connectivity index (χ0v) is 17.3. The molecule has 1 unspecified atom stereocenters. The summed E-state index contributed by atoms with van der Waals surface area (Å²) in [5.41, 5.74) is 1.87. The van der Waals surface area contributed by atoms with Gasteiger partial charge < -0.3 is 10.2 Å². The van der Waals surface area contributed by atoms with E-state index < -0.39 is 6.04 Å². The summed E-state index contributed by atoms with van der Waals surface area (Å²) in [4.78, 5) is 26.9. The fourth-order valence-corrected chi connectivity index (χ4v) is 3.90. The number of halogens is 1. The summed E-state index contributed by atoms with van der Waals surface area (Å²) in [6.45, 7) is 2.10. The maximum atomic E-state index is 12.6. The van der Waals surface area contributed by atoms with E-state index in [1.54, 1.807) is 35.8 Å². The number of aromatic nitrogens is 2. The van der Waals surface area contributed by atoms with Crippen LogP contribution in [0.4, 0.5) is 0 Å². The number of nitrogens with zero attached hydrogens (tertiary/aromatic N) is 3. The molecule has 0 aliphatic heterocycles. The van der Waals surface area contributed by atoms with Crippen molar-refractivity contribution in [3.8, 4) is 5.69 Å². The molecule has 1 N–H and O–H groups in total. The van der Waals surface area contributed by atoms with Crippen LogP contribution in [0.2, 0.25) is 0 Å². The Hall–Kier alpha value is -2.45. The minimum absolute atomic E-state index is 0.161. The number of carbonyl (C=O) groups is 2. The number of rotatable bonds is 6. The van der Waals surface area contributed by atoms with Gasteiger partial charge in [-0.1, -0.05) is 18.2 Å². The van der Waals surface area contributed by atoms with Gasteiger partial charge in [-0.25, -0.2) is 4.68 Å². The molecule has 1 atom stereocenters. The lowest BCUT2D eigenvalue weighted by Crippen LogP contribution is -2.45. The number of likely N-dealkylation sites (N-methyl/N-ethyl adjacent to an activating group) is 1. The van der Waals surface area contributed by atoms with Crippen molar-refractivity contribution in [2.45, 2.75) is 19.5 Å². The first kappa shape index (κ1) is 19.3. The maximum absolute atomic E-state index is 12.6. The van der Waals surface area contributed by atoms with Crippen molar-refractivity contribution in [3.05, 3.63) is 69.1 Å². The Kier molecular flexibility index (Phi) is 6.08. The minimum Gasteiger partial charge on any atom is -0.340 e. The molecule has 1 aromatic carbocycles. The monoisotopic (exact) mass is 446 g/mol. The standard InChI is InChI=1S/C19H19BrN4O2S/c1-13(22-18(25)16-8-9-17(20)27-16)19(26)23(2)11-14-10-21-24(12-14)15-6-4-3-5-7-15/h3-10,12-13H,11H2,1-2H3,(H,22,25). The van der Waals surface area contributed by atoms with Crippen LogP contribution in [-0.2, 0) is 11.3 Å². The molecule has 0 bridgehead atoms. The molecule has 0 radical (unpaired) electrons. The summed E-state index contributed by atoms with van der Waals surface area (Å²) in [6.07, 6.45) is 3.63. The summed E-state index contributed by atoms with van der Waals surface area (Å²) in [5.74, 6) is -0.414. The number of hydrogen-bond acceptors (Lipinski definition) is 4. The highest BCUT2D eigenvalue weighted by molar-refractivity contribution is 9.11. The smallest absolute Gasteiger partial charge is 0.262 e. The fraction of sp³-hybridized carbons (Fsp3) is 0.211. The molecule has 3 aromatic rings. The first-order valence-electron chi connectivity index (χ1n) is 8.34. The number of carbonyl (C=O) groups excluding carboxylic acids is 2. The number of thiophene rings is 1. The third-order valence-electron chi connectivity index (χ3n) is 3.97. The molecule has 0 fully saturated rings. The highest BCUT2D eigenvalue weighted by atomic mass is 79.9. The number of benzene rings is 1. The van der Waals surface area contributed by atoms with Crippen LogP contribution in [0, 0.1) is 0 Å². The van der Waals surface area contributed by atoms with Gasteiger partial charge in [0, 0.05) is 25.4 Å². The Morgan fingerprint density at radius 2 is 2.00 bits per heavy atom. The molecule has 0 aliphatic rings. The lowest BCUT2D eigenvalue weighted by molar-refractivity contribution is -0.132. The SMILES string of the molecule is CC(NC(=O)c1ccc(Br)s1)C(=O)N(C)Cc1cnn(-c2ccccc2)c1. The molecule has 8 heteroatoms. The Morgan fingerprint density at radius 1 is 1.26 bits per heavy atom. The van der Waals surface area contributed by atoms with Crippen molar-refractivity contribution in [3.63, 3.8) is 0 Å². The molecular formula is C19H19BrN4O2S. The van der Waals surface area contributed by atoms with Crippen LogP contribution in [0.25, 0.3) is 5.69 Å². The van der Waals surface area contributed by atoms with E-state index in [0.717, 1.165) is 15.0 Å². The fourth-order valence-electron chi connectivity index (χ4n) is 2.61. The second kappa shape index (κ2) is 8.49. The zero-order chi connectivity index (χ0) is 19.4. The average molecular weight is 447 g/mol. The molecule has 6 nitrogen and oxygen atoms in total. The van der Waals surface area contributed by atoms with E-state index in [0.29, 0.717) is 11.4 Å². The minimum atomic E-state index is -0.618. The molecule has 3 rings (SSSR count). The molecule has 2 amide bonds. The van der Waals surface area contributed by atoms with Gasteiger partial charge >= 0.3 is 0 Å². The summed E-state index contributed by atoms with van der Waals surface area (Å²) in [6, 6.07) is 12.7. The normalized spacial score (nSPS) is 11.8. The summed E-state index contributed by atoms with van der Waals surface area (Å²) in [5, 5.41) is 7.09. The second-order valence-electron chi connectivity index (χ2n) is 6.12. The topological polar surface area (TPSA) is 67.2 Å². The highest BCUT2D eigenvalue weighted by Crippen LogP contribution is 2.22. The van der Waals surface area contributed by atoms with Gasteiger partial charge in [-0.2, -0.15) is 5.10 Å². The molecular weight excluding hydrogens is 428 g/mol. The van der Waals surface area contributed by atoms with Crippen LogP contribution in [0.1, 0.15) is 22.2 Å². The quantitative estimate of drug-likeness (QED) is 0.630. The van der Waals surface area contributed by atoms with Gasteiger partial charge in [0.05, 0.1) is 20.5 Å². The average Bonchev–Trinajstić information content (AvgIpc) is 3.31. The van der Waals surface area contributed by atoms with Gasteiger partial charge in [0.25, 0.3) is 5.91 Å². The van der Waals surface area contributed by atoms with Crippen molar-refractivity contribution >= 4 is 39.1 Å². The Balaban J connectivity index is 1.58. The van der Waals surface area contributed by atoms with Gasteiger partial charge in [0.1, 0.15) is 6.04 Å². The lowest BCUT2D eigenvalue weighted by Gasteiger charge is -2.21. The van der Waals surface area contributed by atoms with E-state index in [1.165, 1.54) is 11.3 Å². The van der Waals surface area contributed by atoms with Gasteiger partial charge in [0.2, 0.25) is 5.91 Å². The van der Waals surface area contributed by atoms with Crippen LogP contribution in [-0.4, -0.2) is 39.6 Å². The van der Waals surface area contributed by atoms with E-state index in [-0.39, 0.29) is 11.8 Å². The number of hydrogen-bond donors (Lipinski definition) is 1. The predicted octanol–water partition coefficient (Wildman–Crippen LogP) is 3.47. The van der Waals surface area contributed by atoms with Crippen molar-refractivity contribution in [2.24, 2.45) is 0 Å². The zero-order valence-electron chi connectivity index (χ0n) is 14.9. The Morgan fingerprint density at radius 3 is 2.67 bits per heavy atom. The summed E-state index contributed by atoms with van der Waals surface area (Å²) >= 11 is 4.66. The van der Waals surface area contributed by atoms with Crippen LogP contribution in [0.15, 0.2) is 58.6 Å². The maximum Gasteiger partial charge on any atom is 0.262 e. The van der Waals surface area contributed by atoms with E-state index in [4.69, 9.17) is 0 Å². The Bertz CT molecular complexity index is 938. The largest absolute Gasteiger partial charge is 0.340 e. The van der Waals surface area contributed by atoms with E-state index in [2.05, 4.69) is 26.3 Å². The first-order valence-corrected chi connectivity index (χ1v) is 9.95. The van der Waals surface area contributed by atoms with Crippen LogP contribution in [0.3, 0.4) is 0 Å². The molecule has 0 saturated carbocycles. The van der Waals surface area contributed by atoms with E-state index >= 15 is 0 Å². The van der Waals surface area contributed by atoms with Crippen LogP contribution < -0.4 is 5.32 Å². The Labute approximate surface area is 169 Å². The van der Waals surface area contributed by atoms with Gasteiger partial charge in [-0.3, -0.25) is 9.59 Å². The lowest BCUT2D eigenvalue weighted by atomic mass is 10.2. The van der Waals surface area contributed by atoms with Crippen LogP contribution in [0.5, 0.6) is 0 Å². The van der Waals surface area contributed by atoms with Crippen molar-refractivity contribution in [1.82, 2.24) is 20.0 Å². The van der Waals surface area contributed by atoms with Crippen molar-refractivity contribution in [1.29, 1.82) is 0 Å².